The van der Waals surface area contributed by atoms with Crippen molar-refractivity contribution in [3.63, 3.8) is 0 Å². The fourth-order valence-electron chi connectivity index (χ4n) is 5.86. The first kappa shape index (κ1) is 29.6. The molecule has 2 atom stereocenters. The van der Waals surface area contributed by atoms with Gasteiger partial charge < -0.3 is 15.4 Å². The molecule has 2 aromatic rings. The van der Waals surface area contributed by atoms with Gasteiger partial charge in [-0.25, -0.2) is 0 Å². The second-order valence-electron chi connectivity index (χ2n) is 14.0. The third-order valence-electron chi connectivity index (χ3n) is 8.75. The molecule has 5 heteroatoms. The van der Waals surface area contributed by atoms with E-state index in [0.717, 1.165) is 53.6 Å². The van der Waals surface area contributed by atoms with Crippen LogP contribution in [0.1, 0.15) is 97.5 Å². The molecule has 0 saturated heterocycles. The number of nitrogens with zero attached hydrogens (tertiary/aromatic N) is 1. The Morgan fingerprint density at radius 3 is 2.31 bits per heavy atom. The van der Waals surface area contributed by atoms with E-state index in [0.29, 0.717) is 6.61 Å². The lowest BCUT2D eigenvalue weighted by atomic mass is 9.63. The summed E-state index contributed by atoms with van der Waals surface area (Å²) >= 11 is 0. The van der Waals surface area contributed by atoms with Crippen LogP contribution < -0.4 is 10.6 Å². The van der Waals surface area contributed by atoms with Gasteiger partial charge in [-0.05, 0) is 120 Å². The molecule has 0 heterocycles. The minimum absolute atomic E-state index is 0.0446. The molecular formula is C34H51N3O2. The second kappa shape index (κ2) is 11.2. The lowest BCUT2D eigenvalue weighted by Crippen LogP contribution is -2.55. The number of benzene rings is 2. The van der Waals surface area contributed by atoms with E-state index in [9.17, 15) is 4.79 Å². The Morgan fingerprint density at radius 1 is 1.00 bits per heavy atom. The molecule has 2 N–H and O–H groups in total. The van der Waals surface area contributed by atoms with Gasteiger partial charge >= 0.3 is 0 Å². The maximum Gasteiger partial charge on any atom is 0.180 e. The maximum atomic E-state index is 13.8. The van der Waals surface area contributed by atoms with Gasteiger partial charge in [0.15, 0.2) is 5.78 Å². The zero-order valence-electron chi connectivity index (χ0n) is 25.8. The van der Waals surface area contributed by atoms with Crippen LogP contribution in [0.3, 0.4) is 0 Å². The molecule has 0 aliphatic heterocycles. The molecule has 5 nitrogen and oxygen atoms in total. The van der Waals surface area contributed by atoms with E-state index >= 15 is 0 Å². The van der Waals surface area contributed by atoms with E-state index < -0.39 is 0 Å². The molecule has 2 aliphatic rings. The lowest BCUT2D eigenvalue weighted by Gasteiger charge is -2.47. The topological polar surface area (TPSA) is 53.6 Å². The lowest BCUT2D eigenvalue weighted by molar-refractivity contribution is -0.00846. The molecular weight excluding hydrogens is 482 g/mol. The number of ether oxygens (including phenoxy) is 1. The SMILES string of the molecule is CCN(CC1CC1)C1C(=O)c2ccc(Nc3cccc(NC(C)(C)CCOC(C)(C)C)c3)cc2C(C)(C)[C@H]1C. The molecule has 0 aromatic heterocycles. The van der Waals surface area contributed by atoms with Crippen LogP contribution in [0.5, 0.6) is 0 Å². The van der Waals surface area contributed by atoms with Crippen molar-refractivity contribution in [1.82, 2.24) is 4.90 Å². The van der Waals surface area contributed by atoms with Crippen LogP contribution in [-0.2, 0) is 10.2 Å². The van der Waals surface area contributed by atoms with Gasteiger partial charge in [-0.3, -0.25) is 9.69 Å². The van der Waals surface area contributed by atoms with Crippen molar-refractivity contribution >= 4 is 22.8 Å². The number of hydrogen-bond donors (Lipinski definition) is 2. The number of likely N-dealkylation sites (N-methyl/N-ethyl adjacent to an activating group) is 1. The highest BCUT2D eigenvalue weighted by Gasteiger charge is 2.47. The Morgan fingerprint density at radius 2 is 1.67 bits per heavy atom. The minimum atomic E-state index is -0.126. The first-order valence-corrected chi connectivity index (χ1v) is 14.9. The van der Waals surface area contributed by atoms with Gasteiger partial charge in [0.05, 0.1) is 11.6 Å². The standard InChI is InChI=1S/C34H51N3O2/c1-10-37(22-24-14-15-24)30-23(2)34(8,9)29-21-26(16-17-28(29)31(30)38)35-25-12-11-13-27(20-25)36-33(6,7)18-19-39-32(3,4)5/h11-13,16-17,20-21,23-24,30,35-36H,10,14-15,18-19,22H2,1-9H3/t23-,30?/m0/s1. The highest BCUT2D eigenvalue weighted by molar-refractivity contribution is 6.03. The molecule has 1 unspecified atom stereocenters. The van der Waals surface area contributed by atoms with Crippen LogP contribution in [0.4, 0.5) is 17.1 Å². The number of Topliss-reactive ketones (excluding diaryl/α,β-unsaturated/α-hetero) is 1. The van der Waals surface area contributed by atoms with Crippen LogP contribution >= 0.6 is 0 Å². The van der Waals surface area contributed by atoms with Gasteiger partial charge in [0, 0.05) is 41.3 Å². The summed E-state index contributed by atoms with van der Waals surface area (Å²) in [6, 6.07) is 14.7. The average Bonchev–Trinajstić information content (AvgIpc) is 3.65. The monoisotopic (exact) mass is 533 g/mol. The number of hydrogen-bond acceptors (Lipinski definition) is 5. The summed E-state index contributed by atoms with van der Waals surface area (Å²) < 4.78 is 5.95. The summed E-state index contributed by atoms with van der Waals surface area (Å²) in [5.74, 6) is 1.30. The van der Waals surface area contributed by atoms with Gasteiger partial charge in [0.25, 0.3) is 0 Å². The summed E-state index contributed by atoms with van der Waals surface area (Å²) in [7, 11) is 0. The zero-order valence-corrected chi connectivity index (χ0v) is 25.8. The van der Waals surface area contributed by atoms with E-state index in [1.54, 1.807) is 0 Å². The van der Waals surface area contributed by atoms with Crippen molar-refractivity contribution in [3.05, 3.63) is 53.6 Å². The summed E-state index contributed by atoms with van der Waals surface area (Å²) in [5.41, 5.74) is 4.81. The fraction of sp³-hybridized carbons (Fsp3) is 0.618. The first-order chi connectivity index (χ1) is 18.2. The summed E-state index contributed by atoms with van der Waals surface area (Å²) in [5, 5.41) is 7.28. The highest BCUT2D eigenvalue weighted by Crippen LogP contribution is 2.45. The highest BCUT2D eigenvalue weighted by atomic mass is 16.5. The molecule has 214 valence electrons. The van der Waals surface area contributed by atoms with E-state index in [-0.39, 0.29) is 34.3 Å². The van der Waals surface area contributed by atoms with Crippen LogP contribution in [0.25, 0.3) is 0 Å². The number of nitrogens with one attached hydrogen (secondary N) is 2. The molecule has 0 amide bonds. The summed E-state index contributed by atoms with van der Waals surface area (Å²) in [6.07, 6.45) is 3.52. The number of fused-ring (bicyclic) bond motifs is 1. The zero-order chi connectivity index (χ0) is 28.6. The molecule has 39 heavy (non-hydrogen) atoms. The van der Waals surface area contributed by atoms with Crippen molar-refractivity contribution in [2.75, 3.05) is 30.3 Å². The van der Waals surface area contributed by atoms with Gasteiger partial charge in [0.2, 0.25) is 0 Å². The number of anilines is 3. The maximum absolute atomic E-state index is 13.8. The predicted octanol–water partition coefficient (Wildman–Crippen LogP) is 8.04. The van der Waals surface area contributed by atoms with Crippen LogP contribution in [0.15, 0.2) is 42.5 Å². The van der Waals surface area contributed by atoms with Crippen molar-refractivity contribution in [2.45, 2.75) is 104 Å². The third kappa shape index (κ3) is 7.24. The van der Waals surface area contributed by atoms with Crippen molar-refractivity contribution in [1.29, 1.82) is 0 Å². The van der Waals surface area contributed by atoms with Gasteiger partial charge in [-0.1, -0.05) is 33.8 Å². The van der Waals surface area contributed by atoms with Crippen molar-refractivity contribution in [3.8, 4) is 0 Å². The number of ketones is 1. The Hall–Kier alpha value is -2.37. The predicted molar refractivity (Wildman–Crippen MR) is 164 cm³/mol. The largest absolute Gasteiger partial charge is 0.380 e. The Bertz CT molecular complexity index is 1160. The Kier molecular flexibility index (Phi) is 8.54. The molecule has 0 bridgehead atoms. The van der Waals surface area contributed by atoms with Crippen molar-refractivity contribution in [2.24, 2.45) is 11.8 Å². The Labute approximate surface area is 237 Å². The average molecular weight is 534 g/mol. The summed E-state index contributed by atoms with van der Waals surface area (Å²) in [6.45, 7) is 22.5. The molecule has 1 saturated carbocycles. The smallest absolute Gasteiger partial charge is 0.180 e. The van der Waals surface area contributed by atoms with Crippen molar-refractivity contribution < 1.29 is 9.53 Å². The van der Waals surface area contributed by atoms with E-state index in [4.69, 9.17) is 4.74 Å². The molecule has 0 radical (unpaired) electrons. The molecule has 4 rings (SSSR count). The molecule has 2 aliphatic carbocycles. The van der Waals surface area contributed by atoms with Crippen LogP contribution in [-0.4, -0.2) is 47.6 Å². The second-order valence-corrected chi connectivity index (χ2v) is 14.0. The van der Waals surface area contributed by atoms with Gasteiger partial charge in [-0.15, -0.1) is 0 Å². The first-order valence-electron chi connectivity index (χ1n) is 14.9. The molecule has 0 spiro atoms. The fourth-order valence-corrected chi connectivity index (χ4v) is 5.86. The van der Waals surface area contributed by atoms with Gasteiger partial charge in [-0.2, -0.15) is 0 Å². The third-order valence-corrected chi connectivity index (χ3v) is 8.75. The number of carbonyl (C=O) groups excluding carboxylic acids is 1. The molecule has 1 fully saturated rings. The van der Waals surface area contributed by atoms with Crippen LogP contribution in [0, 0.1) is 11.8 Å². The quantitative estimate of drug-likeness (QED) is 0.306. The normalized spacial score (nSPS) is 21.1. The van der Waals surface area contributed by atoms with E-state index in [2.05, 4.69) is 114 Å². The van der Waals surface area contributed by atoms with Gasteiger partial charge in [0.1, 0.15) is 0 Å². The summed E-state index contributed by atoms with van der Waals surface area (Å²) in [4.78, 5) is 16.3. The van der Waals surface area contributed by atoms with E-state index in [1.807, 2.05) is 6.07 Å². The minimum Gasteiger partial charge on any atom is -0.380 e. The number of rotatable bonds is 11. The van der Waals surface area contributed by atoms with Crippen LogP contribution in [0.2, 0.25) is 0 Å². The molecule has 2 aromatic carbocycles. The van der Waals surface area contributed by atoms with E-state index in [1.165, 1.54) is 12.8 Å². The Balaban J connectivity index is 1.50. The number of carbonyl (C=O) groups is 1.